The predicted octanol–water partition coefficient (Wildman–Crippen LogP) is 0.930. The summed E-state index contributed by atoms with van der Waals surface area (Å²) in [6.07, 6.45) is 1.49. The van der Waals surface area contributed by atoms with Gasteiger partial charge in [-0.2, -0.15) is 0 Å². The molecule has 0 radical (unpaired) electrons. The Morgan fingerprint density at radius 2 is 2.55 bits per heavy atom. The molecule has 1 rings (SSSR count). The summed E-state index contributed by atoms with van der Waals surface area (Å²) in [6.45, 7) is 0.735. The SMILES string of the molecule is O=C(OI)N1CCC[C@H]1CO. The van der Waals surface area contributed by atoms with Gasteiger partial charge in [-0.3, -0.25) is 0 Å². The molecule has 0 unspecified atom stereocenters. The van der Waals surface area contributed by atoms with E-state index in [1.54, 1.807) is 27.9 Å². The first-order chi connectivity index (χ1) is 5.29. The van der Waals surface area contributed by atoms with Crippen LogP contribution in [0.25, 0.3) is 0 Å². The van der Waals surface area contributed by atoms with Crippen LogP contribution in [-0.4, -0.2) is 35.3 Å². The van der Waals surface area contributed by atoms with Gasteiger partial charge in [0.05, 0.1) is 12.6 Å². The second-order valence-electron chi connectivity index (χ2n) is 2.52. The number of carbonyl (C=O) groups is 1. The Labute approximate surface area is 79.2 Å². The van der Waals surface area contributed by atoms with Gasteiger partial charge in [0.15, 0.2) is 23.0 Å². The van der Waals surface area contributed by atoms with Crippen LogP contribution in [0.15, 0.2) is 0 Å². The lowest BCUT2D eigenvalue weighted by molar-refractivity contribution is 0.135. The molecule has 1 amide bonds. The number of hydrogen-bond acceptors (Lipinski definition) is 3. The molecule has 1 fully saturated rings. The molecule has 1 atom stereocenters. The van der Waals surface area contributed by atoms with Gasteiger partial charge in [0.25, 0.3) is 0 Å². The molecule has 64 valence electrons. The fraction of sp³-hybridized carbons (Fsp3) is 0.833. The molecule has 0 aromatic rings. The second-order valence-corrected chi connectivity index (χ2v) is 2.96. The van der Waals surface area contributed by atoms with E-state index in [9.17, 15) is 4.79 Å². The Kier molecular flexibility index (Phi) is 3.38. The second kappa shape index (κ2) is 4.10. The largest absolute Gasteiger partial charge is 0.419 e. The molecule has 0 aromatic carbocycles. The molecule has 0 bridgehead atoms. The van der Waals surface area contributed by atoms with Crippen molar-refractivity contribution in [2.24, 2.45) is 0 Å². The highest BCUT2D eigenvalue weighted by molar-refractivity contribution is 14.1. The number of nitrogens with zero attached hydrogens (tertiary/aromatic N) is 1. The molecule has 1 heterocycles. The van der Waals surface area contributed by atoms with Crippen molar-refractivity contribution in [1.29, 1.82) is 0 Å². The van der Waals surface area contributed by atoms with Crippen molar-refractivity contribution in [1.82, 2.24) is 4.90 Å². The molecule has 0 spiro atoms. The molecule has 0 aromatic heterocycles. The van der Waals surface area contributed by atoms with Crippen molar-refractivity contribution < 1.29 is 13.0 Å². The van der Waals surface area contributed by atoms with E-state index in [4.69, 9.17) is 5.11 Å². The first-order valence-corrected chi connectivity index (χ1v) is 4.37. The smallest absolute Gasteiger partial charge is 0.394 e. The van der Waals surface area contributed by atoms with E-state index in [1.807, 2.05) is 0 Å². The van der Waals surface area contributed by atoms with Gasteiger partial charge in [-0.15, -0.1) is 0 Å². The van der Waals surface area contributed by atoms with Crippen LogP contribution in [0.3, 0.4) is 0 Å². The average Bonchev–Trinajstić information content (AvgIpc) is 2.50. The number of carbonyl (C=O) groups excluding carboxylic acids is 1. The van der Waals surface area contributed by atoms with Crippen molar-refractivity contribution in [3.63, 3.8) is 0 Å². The van der Waals surface area contributed by atoms with Crippen molar-refractivity contribution >= 4 is 29.1 Å². The summed E-state index contributed by atoms with van der Waals surface area (Å²) in [4.78, 5) is 12.5. The molecule has 1 saturated heterocycles. The van der Waals surface area contributed by atoms with Gasteiger partial charge in [-0.1, -0.05) is 0 Å². The maximum absolute atomic E-state index is 11.0. The number of rotatable bonds is 1. The highest BCUT2D eigenvalue weighted by Crippen LogP contribution is 2.18. The van der Waals surface area contributed by atoms with Crippen LogP contribution in [0, 0.1) is 0 Å². The minimum absolute atomic E-state index is 0.0303. The molecule has 1 aliphatic heterocycles. The molecule has 11 heavy (non-hydrogen) atoms. The highest BCUT2D eigenvalue weighted by Gasteiger charge is 2.28. The predicted molar refractivity (Wildman–Crippen MR) is 47.3 cm³/mol. The number of amides is 1. The van der Waals surface area contributed by atoms with E-state index < -0.39 is 0 Å². The van der Waals surface area contributed by atoms with E-state index in [0.29, 0.717) is 6.54 Å². The van der Waals surface area contributed by atoms with Gasteiger partial charge in [-0.25, -0.2) is 4.79 Å². The van der Waals surface area contributed by atoms with Crippen LogP contribution in [0.1, 0.15) is 12.8 Å². The molecule has 4 nitrogen and oxygen atoms in total. The standard InChI is InChI=1S/C6H10INO3/c7-11-6(10)8-3-1-2-5(8)4-9/h5,9H,1-4H2/t5-/m0/s1. The number of hydrogen-bond donors (Lipinski definition) is 1. The third-order valence-corrected chi connectivity index (χ3v) is 2.27. The number of aliphatic hydroxyl groups is 1. The van der Waals surface area contributed by atoms with Gasteiger partial charge in [0.1, 0.15) is 0 Å². The molecule has 0 saturated carbocycles. The first-order valence-electron chi connectivity index (χ1n) is 3.49. The van der Waals surface area contributed by atoms with Crippen LogP contribution in [0.2, 0.25) is 0 Å². The van der Waals surface area contributed by atoms with Gasteiger partial charge < -0.3 is 13.1 Å². The fourth-order valence-corrected chi connectivity index (χ4v) is 1.56. The van der Waals surface area contributed by atoms with Crippen LogP contribution < -0.4 is 0 Å². The molecule has 1 aliphatic rings. The Hall–Kier alpha value is -0.0400. The molecule has 1 N–H and O–H groups in total. The van der Waals surface area contributed by atoms with E-state index in [2.05, 4.69) is 3.07 Å². The summed E-state index contributed by atoms with van der Waals surface area (Å²) >= 11 is 1.56. The lowest BCUT2D eigenvalue weighted by atomic mass is 10.2. The Morgan fingerprint density at radius 3 is 3.09 bits per heavy atom. The monoisotopic (exact) mass is 271 g/mol. The van der Waals surface area contributed by atoms with Crippen LogP contribution >= 0.6 is 23.0 Å². The van der Waals surface area contributed by atoms with Gasteiger partial charge in [-0.05, 0) is 12.8 Å². The van der Waals surface area contributed by atoms with Crippen molar-refractivity contribution in [2.45, 2.75) is 18.9 Å². The van der Waals surface area contributed by atoms with Crippen LogP contribution in [-0.2, 0) is 3.07 Å². The summed E-state index contributed by atoms with van der Waals surface area (Å²) in [6, 6.07) is -0.0303. The summed E-state index contributed by atoms with van der Waals surface area (Å²) in [7, 11) is 0. The Bertz CT molecular complexity index is 153. The zero-order valence-electron chi connectivity index (χ0n) is 5.99. The molecular weight excluding hydrogens is 261 g/mol. The van der Waals surface area contributed by atoms with Gasteiger partial charge >= 0.3 is 6.09 Å². The number of halogens is 1. The minimum Gasteiger partial charge on any atom is -0.394 e. The summed E-state index contributed by atoms with van der Waals surface area (Å²) in [5.41, 5.74) is 0. The van der Waals surface area contributed by atoms with E-state index in [1.165, 1.54) is 0 Å². The van der Waals surface area contributed by atoms with Crippen LogP contribution in [0.5, 0.6) is 0 Å². The lowest BCUT2D eigenvalue weighted by Gasteiger charge is -2.19. The molecule has 5 heteroatoms. The zero-order chi connectivity index (χ0) is 8.27. The summed E-state index contributed by atoms with van der Waals surface area (Å²) in [5.74, 6) is 0. The zero-order valence-corrected chi connectivity index (χ0v) is 8.15. The van der Waals surface area contributed by atoms with Gasteiger partial charge in [0.2, 0.25) is 0 Å². The number of likely N-dealkylation sites (tertiary alicyclic amines) is 1. The topological polar surface area (TPSA) is 49.8 Å². The Balaban J connectivity index is 2.49. The third kappa shape index (κ3) is 1.96. The Morgan fingerprint density at radius 1 is 1.82 bits per heavy atom. The quantitative estimate of drug-likeness (QED) is 0.722. The van der Waals surface area contributed by atoms with Gasteiger partial charge in [0, 0.05) is 6.54 Å². The van der Waals surface area contributed by atoms with E-state index in [0.717, 1.165) is 12.8 Å². The minimum atomic E-state index is -0.345. The first kappa shape index (κ1) is 9.05. The maximum Gasteiger partial charge on any atom is 0.419 e. The van der Waals surface area contributed by atoms with Crippen molar-refractivity contribution in [3.05, 3.63) is 0 Å². The van der Waals surface area contributed by atoms with E-state index in [-0.39, 0.29) is 18.7 Å². The van der Waals surface area contributed by atoms with E-state index >= 15 is 0 Å². The molecule has 0 aliphatic carbocycles. The summed E-state index contributed by atoms with van der Waals surface area (Å²) in [5, 5.41) is 8.83. The lowest BCUT2D eigenvalue weighted by Crippen LogP contribution is -2.36. The van der Waals surface area contributed by atoms with Crippen molar-refractivity contribution in [2.75, 3.05) is 13.2 Å². The summed E-state index contributed by atoms with van der Waals surface area (Å²) < 4.78 is 4.51. The number of aliphatic hydroxyl groups excluding tert-OH is 1. The maximum atomic E-state index is 11.0. The third-order valence-electron chi connectivity index (χ3n) is 1.89. The van der Waals surface area contributed by atoms with Crippen molar-refractivity contribution in [3.8, 4) is 0 Å². The highest BCUT2D eigenvalue weighted by atomic mass is 127. The fourth-order valence-electron chi connectivity index (χ4n) is 1.31. The van der Waals surface area contributed by atoms with Crippen LogP contribution in [0.4, 0.5) is 4.79 Å². The molecular formula is C6H10INO3. The normalized spacial score (nSPS) is 23.8. The average molecular weight is 271 g/mol.